The number of ether oxygens (including phenoxy) is 3. The lowest BCUT2D eigenvalue weighted by Crippen LogP contribution is -2.26. The maximum absolute atomic E-state index is 12.0. The van der Waals surface area contributed by atoms with Gasteiger partial charge in [-0.25, -0.2) is 4.79 Å². The number of carbonyl (C=O) groups excluding carboxylic acids is 1. The predicted molar refractivity (Wildman–Crippen MR) is 126 cm³/mol. The third kappa shape index (κ3) is 4.09. The first-order valence-corrected chi connectivity index (χ1v) is 11.1. The van der Waals surface area contributed by atoms with E-state index >= 15 is 0 Å². The highest BCUT2D eigenvalue weighted by molar-refractivity contribution is 5.94. The van der Waals surface area contributed by atoms with Gasteiger partial charge < -0.3 is 28.3 Å². The van der Waals surface area contributed by atoms with Crippen LogP contribution in [0.5, 0.6) is 11.5 Å². The van der Waals surface area contributed by atoms with Gasteiger partial charge in [-0.15, -0.1) is 0 Å². The molecule has 0 aliphatic carbocycles. The lowest BCUT2D eigenvalue weighted by molar-refractivity contribution is 0.0254. The topological polar surface area (TPSA) is 120 Å². The van der Waals surface area contributed by atoms with Crippen LogP contribution in [0.3, 0.4) is 0 Å². The molecule has 0 bridgehead atoms. The molecule has 9 nitrogen and oxygen atoms in total. The van der Waals surface area contributed by atoms with Gasteiger partial charge in [0.2, 0.25) is 0 Å². The third-order valence-corrected chi connectivity index (χ3v) is 6.13. The zero-order chi connectivity index (χ0) is 24.5. The van der Waals surface area contributed by atoms with Crippen LogP contribution in [0.4, 0.5) is 0 Å². The zero-order valence-corrected chi connectivity index (χ0v) is 19.3. The number of benzene rings is 1. The second-order valence-electron chi connectivity index (χ2n) is 8.25. The lowest BCUT2D eigenvalue weighted by Gasteiger charge is -2.23. The first kappa shape index (κ1) is 22.5. The fourth-order valence-electron chi connectivity index (χ4n) is 4.32. The minimum atomic E-state index is -0.573. The number of methoxy groups -OCH3 is 1. The van der Waals surface area contributed by atoms with Crippen LogP contribution in [0.1, 0.15) is 28.9 Å². The zero-order valence-electron chi connectivity index (χ0n) is 19.3. The van der Waals surface area contributed by atoms with Gasteiger partial charge in [0, 0.05) is 43.8 Å². The Morgan fingerprint density at radius 3 is 2.77 bits per heavy atom. The van der Waals surface area contributed by atoms with Crippen molar-refractivity contribution in [1.29, 1.82) is 5.26 Å². The summed E-state index contributed by atoms with van der Waals surface area (Å²) in [7, 11) is 2.91. The number of hydrogen-bond acceptors (Lipinski definition) is 8. The number of aromatic hydroxyl groups is 1. The number of fused-ring (bicyclic) bond motifs is 1. The molecule has 1 N–H and O–H groups in total. The van der Waals surface area contributed by atoms with Crippen molar-refractivity contribution in [2.24, 2.45) is 7.05 Å². The molecule has 178 valence electrons. The molecule has 1 aliphatic rings. The van der Waals surface area contributed by atoms with Crippen LogP contribution in [0.25, 0.3) is 33.7 Å². The second kappa shape index (κ2) is 9.16. The van der Waals surface area contributed by atoms with E-state index in [4.69, 9.17) is 18.6 Å². The molecule has 9 heteroatoms. The van der Waals surface area contributed by atoms with Crippen molar-refractivity contribution >= 4 is 17.1 Å². The largest absolute Gasteiger partial charge is 0.506 e. The summed E-state index contributed by atoms with van der Waals surface area (Å²) in [6.07, 6.45) is 3.25. The molecular weight excluding hydrogens is 450 g/mol. The van der Waals surface area contributed by atoms with Crippen LogP contribution in [-0.4, -0.2) is 47.1 Å². The molecule has 1 aromatic carbocycles. The van der Waals surface area contributed by atoms with Crippen molar-refractivity contribution < 1.29 is 28.5 Å². The average molecular weight is 473 g/mol. The van der Waals surface area contributed by atoms with Gasteiger partial charge in [0.1, 0.15) is 40.6 Å². The molecule has 1 aliphatic heterocycles. The molecule has 0 unspecified atom stereocenters. The van der Waals surface area contributed by atoms with Gasteiger partial charge in [-0.3, -0.25) is 4.98 Å². The Hall–Kier alpha value is -4.29. The van der Waals surface area contributed by atoms with E-state index in [0.717, 1.165) is 24.0 Å². The molecule has 1 fully saturated rings. The van der Waals surface area contributed by atoms with Crippen molar-refractivity contribution in [2.45, 2.75) is 18.9 Å². The Labute approximate surface area is 201 Å². The Morgan fingerprint density at radius 1 is 1.23 bits per heavy atom. The van der Waals surface area contributed by atoms with Crippen LogP contribution in [0.15, 0.2) is 47.0 Å². The number of nitrogens with zero attached hydrogens (tertiary/aromatic N) is 3. The lowest BCUT2D eigenvalue weighted by atomic mass is 10.0. The van der Waals surface area contributed by atoms with Gasteiger partial charge in [0.25, 0.3) is 0 Å². The monoisotopic (exact) mass is 473 g/mol. The van der Waals surface area contributed by atoms with Crippen molar-refractivity contribution in [3.8, 4) is 40.1 Å². The number of hydrogen-bond donors (Lipinski definition) is 1. The highest BCUT2D eigenvalue weighted by Crippen LogP contribution is 2.39. The smallest absolute Gasteiger partial charge is 0.354 e. The molecule has 5 rings (SSSR count). The van der Waals surface area contributed by atoms with Gasteiger partial charge in [0.15, 0.2) is 11.3 Å². The first-order valence-electron chi connectivity index (χ1n) is 11.1. The van der Waals surface area contributed by atoms with E-state index in [0.29, 0.717) is 47.1 Å². The number of rotatable bonds is 5. The van der Waals surface area contributed by atoms with Gasteiger partial charge >= 0.3 is 5.97 Å². The number of nitriles is 1. The minimum absolute atomic E-state index is 0.0230. The summed E-state index contributed by atoms with van der Waals surface area (Å²) in [5.41, 5.74) is 3.49. The maximum Gasteiger partial charge on any atom is 0.354 e. The molecule has 3 aromatic heterocycles. The summed E-state index contributed by atoms with van der Waals surface area (Å²) in [6, 6.07) is 12.5. The Kier molecular flexibility index (Phi) is 5.89. The summed E-state index contributed by atoms with van der Waals surface area (Å²) in [5, 5.41) is 20.2. The van der Waals surface area contributed by atoms with Crippen LogP contribution in [0, 0.1) is 11.3 Å². The van der Waals surface area contributed by atoms with E-state index < -0.39 is 5.97 Å². The van der Waals surface area contributed by atoms with E-state index in [2.05, 4.69) is 11.1 Å². The van der Waals surface area contributed by atoms with Gasteiger partial charge in [-0.2, -0.15) is 5.26 Å². The van der Waals surface area contributed by atoms with Crippen LogP contribution >= 0.6 is 0 Å². The standard InChI is InChI=1S/C26H23N3O6/c1-29-20(26(31)32-2)13-21(30)24(29)23-12-19-25(35-23)18(5-8-28-19)15-3-4-22(16(11-15)14-27)34-17-6-9-33-10-7-17/h3-5,8,11-13,17,30H,6-7,9-10H2,1-2H3. The molecule has 0 radical (unpaired) electrons. The molecule has 1 saturated heterocycles. The summed E-state index contributed by atoms with van der Waals surface area (Å²) < 4.78 is 23.9. The molecule has 0 spiro atoms. The van der Waals surface area contributed by atoms with Crippen molar-refractivity contribution in [2.75, 3.05) is 20.3 Å². The number of carbonyl (C=O) groups is 1. The molecule has 4 aromatic rings. The van der Waals surface area contributed by atoms with Gasteiger partial charge in [0.05, 0.1) is 25.9 Å². The summed E-state index contributed by atoms with van der Waals surface area (Å²) in [5.74, 6) is 0.193. The van der Waals surface area contributed by atoms with Crippen LogP contribution in [-0.2, 0) is 16.5 Å². The SMILES string of the molecule is COC(=O)c1cc(O)c(-c2cc3nccc(-c4ccc(OC5CCOCC5)c(C#N)c4)c3o2)n1C. The molecule has 0 atom stereocenters. The van der Waals surface area contributed by atoms with Crippen LogP contribution < -0.4 is 4.74 Å². The van der Waals surface area contributed by atoms with E-state index in [9.17, 15) is 15.2 Å². The number of pyridine rings is 1. The molecular formula is C26H23N3O6. The van der Waals surface area contributed by atoms with Gasteiger partial charge in [-0.05, 0) is 23.8 Å². The van der Waals surface area contributed by atoms with E-state index in [1.807, 2.05) is 6.07 Å². The van der Waals surface area contributed by atoms with Crippen molar-refractivity contribution in [3.05, 3.63) is 53.9 Å². The Balaban J connectivity index is 1.54. The second-order valence-corrected chi connectivity index (χ2v) is 8.25. The number of aromatic nitrogens is 2. The summed E-state index contributed by atoms with van der Waals surface area (Å²) in [4.78, 5) is 16.4. The van der Waals surface area contributed by atoms with E-state index in [1.54, 1.807) is 37.5 Å². The average Bonchev–Trinajstić information content (AvgIpc) is 3.44. The summed E-state index contributed by atoms with van der Waals surface area (Å²) >= 11 is 0. The Morgan fingerprint density at radius 2 is 2.03 bits per heavy atom. The molecule has 0 saturated carbocycles. The number of esters is 1. The number of furan rings is 1. The molecule has 4 heterocycles. The van der Waals surface area contributed by atoms with Gasteiger partial charge in [-0.1, -0.05) is 6.07 Å². The van der Waals surface area contributed by atoms with Crippen LogP contribution in [0.2, 0.25) is 0 Å². The highest BCUT2D eigenvalue weighted by atomic mass is 16.5. The van der Waals surface area contributed by atoms with E-state index in [-0.39, 0.29) is 17.5 Å². The predicted octanol–water partition coefficient (Wildman–Crippen LogP) is 4.42. The molecule has 0 amide bonds. The minimum Gasteiger partial charge on any atom is -0.506 e. The summed E-state index contributed by atoms with van der Waals surface area (Å²) in [6.45, 7) is 1.30. The van der Waals surface area contributed by atoms with Crippen molar-refractivity contribution in [3.63, 3.8) is 0 Å². The van der Waals surface area contributed by atoms with Crippen molar-refractivity contribution in [1.82, 2.24) is 9.55 Å². The normalized spacial score (nSPS) is 14.1. The maximum atomic E-state index is 12.0. The third-order valence-electron chi connectivity index (χ3n) is 6.13. The molecule has 35 heavy (non-hydrogen) atoms. The fraction of sp³-hybridized carbons (Fsp3) is 0.269. The quantitative estimate of drug-likeness (QED) is 0.423. The highest BCUT2D eigenvalue weighted by Gasteiger charge is 2.23. The first-order chi connectivity index (χ1) is 17.0. The fourth-order valence-corrected chi connectivity index (χ4v) is 4.32. The van der Waals surface area contributed by atoms with E-state index in [1.165, 1.54) is 17.7 Å². The Bertz CT molecular complexity index is 1460.